The fourth-order valence-corrected chi connectivity index (χ4v) is 0.995. The minimum Gasteiger partial charge on any atom is -0.299 e. The maximum atomic E-state index is 10.8. The van der Waals surface area contributed by atoms with E-state index in [4.69, 9.17) is 0 Å². The first kappa shape index (κ1) is 6.46. The monoisotopic (exact) mass is 126 g/mol. The van der Waals surface area contributed by atoms with Gasteiger partial charge in [0, 0.05) is 12.3 Å². The Hall–Kier alpha value is -0.660. The summed E-state index contributed by atoms with van der Waals surface area (Å²) in [6, 6.07) is 0. The van der Waals surface area contributed by atoms with E-state index >= 15 is 0 Å². The van der Waals surface area contributed by atoms with E-state index in [0.717, 1.165) is 6.42 Å². The van der Waals surface area contributed by atoms with Crippen LogP contribution in [0.1, 0.15) is 26.2 Å². The Balaban J connectivity index is 2.54. The molecule has 1 rings (SSSR count). The van der Waals surface area contributed by atoms with Crippen LogP contribution in [0.4, 0.5) is 0 Å². The third-order valence-electron chi connectivity index (χ3n) is 1.78. The van der Waals surface area contributed by atoms with Gasteiger partial charge in [0.2, 0.25) is 0 Å². The molecule has 0 saturated heterocycles. The van der Waals surface area contributed by atoms with Crippen molar-refractivity contribution < 1.29 is 9.59 Å². The van der Waals surface area contributed by atoms with E-state index in [2.05, 4.69) is 0 Å². The predicted molar refractivity (Wildman–Crippen MR) is 33.0 cm³/mol. The second-order valence-corrected chi connectivity index (χ2v) is 2.62. The zero-order valence-electron chi connectivity index (χ0n) is 5.52. The lowest BCUT2D eigenvalue weighted by Crippen LogP contribution is -2.22. The van der Waals surface area contributed by atoms with Crippen LogP contribution in [0.2, 0.25) is 0 Å². The Kier molecular flexibility index (Phi) is 1.65. The van der Waals surface area contributed by atoms with E-state index in [1.807, 2.05) is 6.92 Å². The molecule has 0 spiro atoms. The fourth-order valence-electron chi connectivity index (χ4n) is 0.995. The minimum atomic E-state index is 0.109. The molecule has 0 heterocycles. The molecule has 0 aliphatic heterocycles. The molecule has 2 heteroatoms. The largest absolute Gasteiger partial charge is 0.299 e. The van der Waals surface area contributed by atoms with E-state index in [0.29, 0.717) is 6.42 Å². The fraction of sp³-hybridized carbons (Fsp3) is 0.714. The number of carbonyl (C=O) groups is 2. The molecule has 0 N–H and O–H groups in total. The molecule has 0 aromatic rings. The van der Waals surface area contributed by atoms with Crippen molar-refractivity contribution in [3.63, 3.8) is 0 Å². The summed E-state index contributed by atoms with van der Waals surface area (Å²) in [7, 11) is 0. The van der Waals surface area contributed by atoms with Crippen LogP contribution >= 0.6 is 0 Å². The van der Waals surface area contributed by atoms with Gasteiger partial charge in [-0.3, -0.25) is 9.59 Å². The van der Waals surface area contributed by atoms with Gasteiger partial charge in [0.05, 0.1) is 6.42 Å². The molecule has 1 aliphatic rings. The molecule has 2 nitrogen and oxygen atoms in total. The first-order valence-electron chi connectivity index (χ1n) is 3.24. The highest BCUT2D eigenvalue weighted by Gasteiger charge is 2.22. The summed E-state index contributed by atoms with van der Waals surface area (Å²) in [5.41, 5.74) is 0. The molecular weight excluding hydrogens is 116 g/mol. The molecule has 1 aliphatic carbocycles. The molecular formula is C7H10O2. The van der Waals surface area contributed by atoms with Gasteiger partial charge in [-0.05, 0) is 6.42 Å². The number of carbonyl (C=O) groups excluding carboxylic acids is 2. The second-order valence-electron chi connectivity index (χ2n) is 2.62. The van der Waals surface area contributed by atoms with Crippen LogP contribution < -0.4 is 0 Å². The van der Waals surface area contributed by atoms with Crippen LogP contribution in [0.5, 0.6) is 0 Å². The predicted octanol–water partition coefficient (Wildman–Crippen LogP) is 0.945. The van der Waals surface area contributed by atoms with Gasteiger partial charge in [-0.2, -0.15) is 0 Å². The van der Waals surface area contributed by atoms with Gasteiger partial charge in [-0.25, -0.2) is 0 Å². The molecule has 1 atom stereocenters. The van der Waals surface area contributed by atoms with Gasteiger partial charge in [0.1, 0.15) is 11.6 Å². The van der Waals surface area contributed by atoms with E-state index in [1.54, 1.807) is 0 Å². The molecule has 1 fully saturated rings. The molecule has 1 saturated carbocycles. The maximum Gasteiger partial charge on any atom is 0.143 e. The van der Waals surface area contributed by atoms with Crippen LogP contribution in [0.15, 0.2) is 0 Å². The zero-order valence-corrected chi connectivity index (χ0v) is 5.52. The third-order valence-corrected chi connectivity index (χ3v) is 1.78. The SMILES string of the molecule is C[C@@H]1CCC(=O)CC1=O. The van der Waals surface area contributed by atoms with Gasteiger partial charge >= 0.3 is 0 Å². The van der Waals surface area contributed by atoms with E-state index < -0.39 is 0 Å². The Labute approximate surface area is 54.2 Å². The number of rotatable bonds is 0. The van der Waals surface area contributed by atoms with Crippen molar-refractivity contribution in [2.45, 2.75) is 26.2 Å². The molecule has 0 unspecified atom stereocenters. The van der Waals surface area contributed by atoms with Crippen molar-refractivity contribution in [2.75, 3.05) is 0 Å². The Morgan fingerprint density at radius 1 is 1.44 bits per heavy atom. The van der Waals surface area contributed by atoms with Gasteiger partial charge in [0.15, 0.2) is 0 Å². The van der Waals surface area contributed by atoms with Crippen LogP contribution in [-0.2, 0) is 9.59 Å². The van der Waals surface area contributed by atoms with Crippen molar-refractivity contribution >= 4 is 11.6 Å². The molecule has 0 radical (unpaired) electrons. The van der Waals surface area contributed by atoms with E-state index in [9.17, 15) is 9.59 Å². The molecule has 0 amide bonds. The highest BCUT2D eigenvalue weighted by Crippen LogP contribution is 2.16. The Bertz CT molecular complexity index is 149. The van der Waals surface area contributed by atoms with Crippen LogP contribution in [0.3, 0.4) is 0 Å². The highest BCUT2D eigenvalue weighted by molar-refractivity contribution is 6.02. The third kappa shape index (κ3) is 1.37. The zero-order chi connectivity index (χ0) is 6.85. The Morgan fingerprint density at radius 2 is 2.11 bits per heavy atom. The average Bonchev–Trinajstić information content (AvgIpc) is 1.80. The van der Waals surface area contributed by atoms with Crippen molar-refractivity contribution in [2.24, 2.45) is 5.92 Å². The molecule has 9 heavy (non-hydrogen) atoms. The van der Waals surface area contributed by atoms with E-state index in [1.165, 1.54) is 0 Å². The quantitative estimate of drug-likeness (QED) is 0.453. The van der Waals surface area contributed by atoms with Crippen molar-refractivity contribution in [3.05, 3.63) is 0 Å². The topological polar surface area (TPSA) is 34.1 Å². The smallest absolute Gasteiger partial charge is 0.143 e. The van der Waals surface area contributed by atoms with Crippen LogP contribution in [0, 0.1) is 5.92 Å². The lowest BCUT2D eigenvalue weighted by molar-refractivity contribution is -0.132. The summed E-state index contributed by atoms with van der Waals surface area (Å²) in [5.74, 6) is 0.354. The number of hydrogen-bond acceptors (Lipinski definition) is 2. The first-order valence-corrected chi connectivity index (χ1v) is 3.24. The molecule has 0 aromatic carbocycles. The normalized spacial score (nSPS) is 28.8. The minimum absolute atomic E-state index is 0.109. The lowest BCUT2D eigenvalue weighted by Gasteiger charge is -2.13. The summed E-state index contributed by atoms with van der Waals surface area (Å²) in [4.78, 5) is 21.4. The summed E-state index contributed by atoms with van der Waals surface area (Å²) < 4.78 is 0. The van der Waals surface area contributed by atoms with Crippen molar-refractivity contribution in [3.8, 4) is 0 Å². The Morgan fingerprint density at radius 3 is 2.56 bits per heavy atom. The average molecular weight is 126 g/mol. The molecule has 0 bridgehead atoms. The molecule has 50 valence electrons. The summed E-state index contributed by atoms with van der Waals surface area (Å²) in [5, 5.41) is 0. The standard InChI is InChI=1S/C7H10O2/c1-5-2-3-6(8)4-7(5)9/h5H,2-4H2,1H3/t5-/m1/s1. The molecule has 0 aromatic heterocycles. The second kappa shape index (κ2) is 2.29. The van der Waals surface area contributed by atoms with Gasteiger partial charge < -0.3 is 0 Å². The van der Waals surface area contributed by atoms with Crippen LogP contribution in [-0.4, -0.2) is 11.6 Å². The van der Waals surface area contributed by atoms with E-state index in [-0.39, 0.29) is 23.9 Å². The number of ketones is 2. The van der Waals surface area contributed by atoms with Gasteiger partial charge in [-0.15, -0.1) is 0 Å². The summed E-state index contributed by atoms with van der Waals surface area (Å²) in [6.07, 6.45) is 1.55. The van der Waals surface area contributed by atoms with Crippen LogP contribution in [0.25, 0.3) is 0 Å². The van der Waals surface area contributed by atoms with Crippen molar-refractivity contribution in [1.29, 1.82) is 0 Å². The van der Waals surface area contributed by atoms with Gasteiger partial charge in [0.25, 0.3) is 0 Å². The number of hydrogen-bond donors (Lipinski definition) is 0. The first-order chi connectivity index (χ1) is 4.20. The maximum absolute atomic E-state index is 10.8. The highest BCUT2D eigenvalue weighted by atomic mass is 16.1. The van der Waals surface area contributed by atoms with Gasteiger partial charge in [-0.1, -0.05) is 6.92 Å². The van der Waals surface area contributed by atoms with Crippen molar-refractivity contribution in [1.82, 2.24) is 0 Å². The lowest BCUT2D eigenvalue weighted by atomic mass is 9.89. The summed E-state index contributed by atoms with van der Waals surface area (Å²) >= 11 is 0. The summed E-state index contributed by atoms with van der Waals surface area (Å²) in [6.45, 7) is 1.88. The number of Topliss-reactive ketones (excluding diaryl/α,β-unsaturated/α-hetero) is 2.